The minimum Gasteiger partial charge on any atom is -0.368 e. The van der Waals surface area contributed by atoms with Gasteiger partial charge in [-0.1, -0.05) is 82.1 Å². The molecule has 0 bridgehead atoms. The van der Waals surface area contributed by atoms with Crippen LogP contribution in [0.1, 0.15) is 83.4 Å². The largest absolute Gasteiger partial charge is 0.368 e. The van der Waals surface area contributed by atoms with Gasteiger partial charge in [0.2, 0.25) is 11.9 Å². The molecule has 3 N–H and O–H groups in total. The Bertz CT molecular complexity index is 586. The number of nitrogens with two attached hydrogens (primary N) is 1. The van der Waals surface area contributed by atoms with E-state index in [4.69, 9.17) is 5.73 Å². The highest BCUT2D eigenvalue weighted by atomic mass is 35.5. The predicted octanol–water partition coefficient (Wildman–Crippen LogP) is 5.64. The van der Waals surface area contributed by atoms with Crippen LogP contribution < -0.4 is 11.1 Å². The van der Waals surface area contributed by atoms with E-state index in [0.717, 1.165) is 38.1 Å². The number of aromatic nitrogens is 3. The second-order valence-corrected chi connectivity index (χ2v) is 7.14. The fraction of sp³-hybridized carbons (Fsp3) is 0.667. The summed E-state index contributed by atoms with van der Waals surface area (Å²) in [6.07, 6.45) is 21.4. The summed E-state index contributed by atoms with van der Waals surface area (Å²) in [5.74, 6) is 1.71. The molecule has 1 aliphatic carbocycles. The number of halogens is 1. The Hall–Kier alpha value is -1.62. The number of nitrogens with one attached hydrogen (secondary N) is 1. The standard InChI is InChI=1S/C21H35N5.ClH/c1-2-3-4-5-6-7-8-9-13-16-19-24-20(22)26-21(25-19)23-17-18-14-11-10-12-15-18;/h10-11,15H,2-9,12-14,16-17H2,1H3,(H3,22,23,24,25,26);1H. The third kappa shape index (κ3) is 10.3. The van der Waals surface area contributed by atoms with Gasteiger partial charge in [-0.05, 0) is 19.3 Å². The molecule has 0 spiro atoms. The molecule has 2 rings (SSSR count). The van der Waals surface area contributed by atoms with Crippen molar-refractivity contribution in [3.8, 4) is 0 Å². The molecule has 1 aromatic heterocycles. The molecular formula is C21H36ClN5. The number of rotatable bonds is 13. The first-order valence-electron chi connectivity index (χ1n) is 10.3. The SMILES string of the molecule is CCCCCCCCCCCc1nc(N)nc(NCC2=CCC=CC2)n1.Cl. The third-order valence-electron chi connectivity index (χ3n) is 4.77. The number of anilines is 2. The van der Waals surface area contributed by atoms with Gasteiger partial charge in [-0.2, -0.15) is 15.0 Å². The Labute approximate surface area is 170 Å². The molecule has 1 aromatic rings. The van der Waals surface area contributed by atoms with Gasteiger partial charge in [0.1, 0.15) is 5.82 Å². The maximum absolute atomic E-state index is 5.85. The van der Waals surface area contributed by atoms with E-state index in [-0.39, 0.29) is 12.4 Å². The summed E-state index contributed by atoms with van der Waals surface area (Å²) < 4.78 is 0. The Balaban J connectivity index is 0.00000364. The van der Waals surface area contributed by atoms with Gasteiger partial charge in [-0.15, -0.1) is 12.4 Å². The summed E-state index contributed by atoms with van der Waals surface area (Å²) in [5, 5.41) is 3.29. The zero-order valence-corrected chi connectivity index (χ0v) is 17.6. The fourth-order valence-electron chi connectivity index (χ4n) is 3.21. The van der Waals surface area contributed by atoms with E-state index >= 15 is 0 Å². The van der Waals surface area contributed by atoms with E-state index in [1.54, 1.807) is 0 Å². The van der Waals surface area contributed by atoms with Gasteiger partial charge in [0.15, 0.2) is 0 Å². The highest BCUT2D eigenvalue weighted by Crippen LogP contribution is 2.13. The first-order chi connectivity index (χ1) is 12.8. The molecule has 152 valence electrons. The average Bonchev–Trinajstić information content (AvgIpc) is 2.65. The lowest BCUT2D eigenvalue weighted by atomic mass is 10.1. The smallest absolute Gasteiger partial charge is 0.227 e. The van der Waals surface area contributed by atoms with Gasteiger partial charge in [-0.3, -0.25) is 0 Å². The Morgan fingerprint density at radius 3 is 2.30 bits per heavy atom. The van der Waals surface area contributed by atoms with Crippen LogP contribution in [0.4, 0.5) is 11.9 Å². The lowest BCUT2D eigenvalue weighted by Crippen LogP contribution is -2.12. The van der Waals surface area contributed by atoms with Crippen LogP contribution in [0, 0.1) is 0 Å². The summed E-state index contributed by atoms with van der Waals surface area (Å²) in [6.45, 7) is 3.03. The van der Waals surface area contributed by atoms with Gasteiger partial charge in [0.05, 0.1) is 0 Å². The van der Waals surface area contributed by atoms with Crippen molar-refractivity contribution in [1.29, 1.82) is 0 Å². The van der Waals surface area contributed by atoms with Crippen LogP contribution in [0.3, 0.4) is 0 Å². The van der Waals surface area contributed by atoms with Crippen molar-refractivity contribution in [3.05, 3.63) is 29.6 Å². The summed E-state index contributed by atoms with van der Waals surface area (Å²) in [6, 6.07) is 0. The first-order valence-corrected chi connectivity index (χ1v) is 10.3. The minimum atomic E-state index is 0. The third-order valence-corrected chi connectivity index (χ3v) is 4.77. The Morgan fingerprint density at radius 1 is 0.926 bits per heavy atom. The van der Waals surface area contributed by atoms with Crippen LogP contribution in [-0.2, 0) is 6.42 Å². The normalized spacial score (nSPS) is 13.1. The highest BCUT2D eigenvalue weighted by molar-refractivity contribution is 5.85. The number of unbranched alkanes of at least 4 members (excludes halogenated alkanes) is 8. The van der Waals surface area contributed by atoms with Gasteiger partial charge < -0.3 is 11.1 Å². The lowest BCUT2D eigenvalue weighted by molar-refractivity contribution is 0.562. The molecule has 27 heavy (non-hydrogen) atoms. The van der Waals surface area contributed by atoms with E-state index in [1.807, 2.05) is 0 Å². The van der Waals surface area contributed by atoms with Gasteiger partial charge >= 0.3 is 0 Å². The molecule has 6 heteroatoms. The van der Waals surface area contributed by atoms with E-state index in [2.05, 4.69) is 45.4 Å². The van der Waals surface area contributed by atoms with Crippen molar-refractivity contribution in [1.82, 2.24) is 15.0 Å². The maximum atomic E-state index is 5.85. The molecule has 1 heterocycles. The van der Waals surface area contributed by atoms with Crippen LogP contribution in [0.2, 0.25) is 0 Å². The Kier molecular flexibility index (Phi) is 12.5. The number of aryl methyl sites for hydroxylation is 1. The molecule has 0 saturated carbocycles. The number of hydrogen-bond donors (Lipinski definition) is 2. The van der Waals surface area contributed by atoms with Crippen molar-refractivity contribution >= 4 is 24.3 Å². The summed E-state index contributed by atoms with van der Waals surface area (Å²) >= 11 is 0. The molecule has 0 amide bonds. The summed E-state index contributed by atoms with van der Waals surface area (Å²) in [4.78, 5) is 13.0. The molecule has 0 fully saturated rings. The number of nitrogen functional groups attached to an aromatic ring is 1. The van der Waals surface area contributed by atoms with Crippen molar-refractivity contribution in [2.75, 3.05) is 17.6 Å². The summed E-state index contributed by atoms with van der Waals surface area (Å²) in [7, 11) is 0. The minimum absolute atomic E-state index is 0. The summed E-state index contributed by atoms with van der Waals surface area (Å²) in [5.41, 5.74) is 7.22. The molecule has 5 nitrogen and oxygen atoms in total. The number of allylic oxidation sites excluding steroid dienone is 3. The van der Waals surface area contributed by atoms with Gasteiger partial charge in [0.25, 0.3) is 0 Å². The van der Waals surface area contributed by atoms with Crippen molar-refractivity contribution in [2.45, 2.75) is 84.0 Å². The molecule has 0 radical (unpaired) electrons. The van der Waals surface area contributed by atoms with Crippen LogP contribution in [0.25, 0.3) is 0 Å². The predicted molar refractivity (Wildman–Crippen MR) is 117 cm³/mol. The van der Waals surface area contributed by atoms with E-state index < -0.39 is 0 Å². The number of hydrogen-bond acceptors (Lipinski definition) is 5. The molecule has 0 unspecified atom stereocenters. The lowest BCUT2D eigenvalue weighted by Gasteiger charge is -2.11. The molecule has 0 saturated heterocycles. The topological polar surface area (TPSA) is 76.7 Å². The highest BCUT2D eigenvalue weighted by Gasteiger charge is 2.06. The Morgan fingerprint density at radius 2 is 1.63 bits per heavy atom. The van der Waals surface area contributed by atoms with Crippen LogP contribution >= 0.6 is 12.4 Å². The number of nitrogens with zero attached hydrogens (tertiary/aromatic N) is 3. The maximum Gasteiger partial charge on any atom is 0.227 e. The molecule has 0 aliphatic heterocycles. The molecule has 0 aromatic carbocycles. The monoisotopic (exact) mass is 393 g/mol. The quantitative estimate of drug-likeness (QED) is 0.335. The molecule has 1 aliphatic rings. The van der Waals surface area contributed by atoms with Crippen LogP contribution in [-0.4, -0.2) is 21.5 Å². The van der Waals surface area contributed by atoms with E-state index in [0.29, 0.717) is 11.9 Å². The molecule has 0 atom stereocenters. The van der Waals surface area contributed by atoms with Crippen LogP contribution in [0.15, 0.2) is 23.8 Å². The van der Waals surface area contributed by atoms with Crippen LogP contribution in [0.5, 0.6) is 0 Å². The van der Waals surface area contributed by atoms with Crippen molar-refractivity contribution < 1.29 is 0 Å². The molecular weight excluding hydrogens is 358 g/mol. The van der Waals surface area contributed by atoms with Gasteiger partial charge in [-0.25, -0.2) is 0 Å². The average molecular weight is 394 g/mol. The van der Waals surface area contributed by atoms with Crippen molar-refractivity contribution in [2.24, 2.45) is 0 Å². The zero-order valence-electron chi connectivity index (χ0n) is 16.8. The second-order valence-electron chi connectivity index (χ2n) is 7.14. The first kappa shape index (κ1) is 23.4. The van der Waals surface area contributed by atoms with E-state index in [9.17, 15) is 0 Å². The fourth-order valence-corrected chi connectivity index (χ4v) is 3.21. The zero-order chi connectivity index (χ0) is 18.5. The van der Waals surface area contributed by atoms with Crippen molar-refractivity contribution in [3.63, 3.8) is 0 Å². The second kappa shape index (κ2) is 14.4. The van der Waals surface area contributed by atoms with Gasteiger partial charge in [0, 0.05) is 13.0 Å². The van der Waals surface area contributed by atoms with E-state index in [1.165, 1.54) is 56.9 Å².